The first-order chi connectivity index (χ1) is 12.7. The van der Waals surface area contributed by atoms with Crippen molar-refractivity contribution in [1.29, 1.82) is 0 Å². The Morgan fingerprint density at radius 2 is 1.62 bits per heavy atom. The van der Waals surface area contributed by atoms with Crippen molar-refractivity contribution in [3.8, 4) is 0 Å². The van der Waals surface area contributed by atoms with Gasteiger partial charge in [-0.15, -0.1) is 0 Å². The molecule has 138 valence electrons. The summed E-state index contributed by atoms with van der Waals surface area (Å²) in [4.78, 5) is 24.8. The molecule has 0 amide bonds. The van der Waals surface area contributed by atoms with E-state index in [1.807, 2.05) is 0 Å². The van der Waals surface area contributed by atoms with Crippen molar-refractivity contribution in [2.45, 2.75) is 64.2 Å². The average Bonchev–Trinajstić information content (AvgIpc) is 2.69. The predicted molar refractivity (Wildman–Crippen MR) is 102 cm³/mol. The van der Waals surface area contributed by atoms with Gasteiger partial charge in [-0.1, -0.05) is 62.8 Å². The van der Waals surface area contributed by atoms with Gasteiger partial charge in [-0.25, -0.2) is 0 Å². The fourth-order valence-corrected chi connectivity index (χ4v) is 5.62. The molecule has 0 bridgehead atoms. The first kappa shape index (κ1) is 17.5. The van der Waals surface area contributed by atoms with Crippen LogP contribution in [0.2, 0.25) is 0 Å². The molecule has 3 aliphatic carbocycles. The van der Waals surface area contributed by atoms with E-state index in [4.69, 9.17) is 0 Å². The van der Waals surface area contributed by atoms with Crippen LogP contribution >= 0.6 is 0 Å². The zero-order valence-electron chi connectivity index (χ0n) is 15.4. The third-order valence-electron chi connectivity index (χ3n) is 6.92. The Balaban J connectivity index is 1.44. The number of carbonyl (C=O) groups is 2. The van der Waals surface area contributed by atoms with E-state index >= 15 is 0 Å². The van der Waals surface area contributed by atoms with Gasteiger partial charge in [0.2, 0.25) is 11.6 Å². The van der Waals surface area contributed by atoms with E-state index in [1.165, 1.54) is 44.9 Å². The SMILES string of the molecule is O=C1C(=O)c2ccccc2C(O)=C1CCC[C@@H]1CCC[C@H]2CCCC[C@H]21. The normalized spacial score (nSPS) is 28.7. The molecule has 4 rings (SSSR count). The Bertz CT molecular complexity index is 744. The first-order valence-electron chi connectivity index (χ1n) is 10.3. The van der Waals surface area contributed by atoms with E-state index in [1.54, 1.807) is 24.3 Å². The minimum atomic E-state index is -0.514. The Labute approximate surface area is 155 Å². The molecule has 3 nitrogen and oxygen atoms in total. The number of aliphatic hydroxyl groups excluding tert-OH is 1. The smallest absolute Gasteiger partial charge is 0.234 e. The number of benzene rings is 1. The molecule has 1 N–H and O–H groups in total. The minimum absolute atomic E-state index is 0.0180. The molecule has 0 saturated heterocycles. The Hall–Kier alpha value is -1.90. The number of ketones is 2. The Morgan fingerprint density at radius 1 is 0.885 bits per heavy atom. The molecule has 1 aromatic carbocycles. The highest BCUT2D eigenvalue weighted by Gasteiger charge is 2.35. The molecule has 1 aromatic rings. The largest absolute Gasteiger partial charge is 0.507 e. The second kappa shape index (κ2) is 7.38. The quantitative estimate of drug-likeness (QED) is 0.728. The van der Waals surface area contributed by atoms with Gasteiger partial charge in [-0.2, -0.15) is 0 Å². The van der Waals surface area contributed by atoms with Gasteiger partial charge in [-0.3, -0.25) is 9.59 Å². The molecule has 0 unspecified atom stereocenters. The summed E-state index contributed by atoms with van der Waals surface area (Å²) in [6.45, 7) is 0. The third-order valence-corrected chi connectivity index (χ3v) is 6.92. The summed E-state index contributed by atoms with van der Waals surface area (Å²) < 4.78 is 0. The lowest BCUT2D eigenvalue weighted by molar-refractivity contribution is -0.112. The van der Waals surface area contributed by atoms with Crippen molar-refractivity contribution in [3.63, 3.8) is 0 Å². The lowest BCUT2D eigenvalue weighted by atomic mass is 9.64. The molecule has 3 aliphatic rings. The number of allylic oxidation sites excluding steroid dienone is 1. The van der Waals surface area contributed by atoms with E-state index in [-0.39, 0.29) is 5.76 Å². The molecule has 3 heteroatoms. The average molecular weight is 352 g/mol. The van der Waals surface area contributed by atoms with E-state index in [9.17, 15) is 14.7 Å². The summed E-state index contributed by atoms with van der Waals surface area (Å²) in [5.74, 6) is 1.58. The Kier molecular flexibility index (Phi) is 4.97. The lowest BCUT2D eigenvalue weighted by Crippen LogP contribution is -2.31. The van der Waals surface area contributed by atoms with Crippen molar-refractivity contribution in [2.75, 3.05) is 0 Å². The highest BCUT2D eigenvalue weighted by atomic mass is 16.3. The fraction of sp³-hybridized carbons (Fsp3) is 0.565. The van der Waals surface area contributed by atoms with Crippen molar-refractivity contribution in [3.05, 3.63) is 41.0 Å². The summed E-state index contributed by atoms with van der Waals surface area (Å²) in [5, 5.41) is 10.5. The molecule has 0 aromatic heterocycles. The van der Waals surface area contributed by atoms with Crippen LogP contribution in [0.3, 0.4) is 0 Å². The number of hydrogen-bond acceptors (Lipinski definition) is 3. The van der Waals surface area contributed by atoms with Gasteiger partial charge in [0.05, 0.1) is 0 Å². The van der Waals surface area contributed by atoms with Crippen LogP contribution in [-0.2, 0) is 4.79 Å². The summed E-state index contributed by atoms with van der Waals surface area (Å²) >= 11 is 0. The molecule has 0 aliphatic heterocycles. The maximum Gasteiger partial charge on any atom is 0.234 e. The molecule has 0 radical (unpaired) electrons. The monoisotopic (exact) mass is 352 g/mol. The van der Waals surface area contributed by atoms with Gasteiger partial charge < -0.3 is 5.11 Å². The summed E-state index contributed by atoms with van der Waals surface area (Å²) in [6, 6.07) is 6.86. The van der Waals surface area contributed by atoms with E-state index < -0.39 is 11.6 Å². The van der Waals surface area contributed by atoms with Crippen molar-refractivity contribution >= 4 is 17.3 Å². The number of fused-ring (bicyclic) bond motifs is 2. The Morgan fingerprint density at radius 3 is 2.46 bits per heavy atom. The fourth-order valence-electron chi connectivity index (χ4n) is 5.62. The van der Waals surface area contributed by atoms with Crippen molar-refractivity contribution < 1.29 is 14.7 Å². The van der Waals surface area contributed by atoms with Crippen molar-refractivity contribution in [2.24, 2.45) is 17.8 Å². The zero-order chi connectivity index (χ0) is 18.1. The number of aliphatic hydroxyl groups is 1. The molecule has 2 saturated carbocycles. The van der Waals surface area contributed by atoms with E-state index in [2.05, 4.69) is 0 Å². The van der Waals surface area contributed by atoms with E-state index in [0.717, 1.165) is 30.6 Å². The van der Waals surface area contributed by atoms with Crippen LogP contribution in [0.4, 0.5) is 0 Å². The van der Waals surface area contributed by atoms with Gasteiger partial charge in [0.1, 0.15) is 5.76 Å². The summed E-state index contributed by atoms with van der Waals surface area (Å²) in [7, 11) is 0. The van der Waals surface area contributed by atoms with Gasteiger partial charge in [0, 0.05) is 16.7 Å². The van der Waals surface area contributed by atoms with Crippen LogP contribution in [0.25, 0.3) is 5.76 Å². The second-order valence-electron chi connectivity index (χ2n) is 8.32. The van der Waals surface area contributed by atoms with Crippen molar-refractivity contribution in [1.82, 2.24) is 0 Å². The molecule has 3 atom stereocenters. The number of hydrogen-bond donors (Lipinski definition) is 1. The molecule has 26 heavy (non-hydrogen) atoms. The number of carbonyl (C=O) groups excluding carboxylic acids is 2. The van der Waals surface area contributed by atoms with Crippen LogP contribution in [0, 0.1) is 17.8 Å². The topological polar surface area (TPSA) is 54.4 Å². The summed E-state index contributed by atoms with van der Waals surface area (Å²) in [5.41, 5.74) is 1.16. The molecular weight excluding hydrogens is 324 g/mol. The lowest BCUT2D eigenvalue weighted by Gasteiger charge is -2.41. The first-order valence-corrected chi connectivity index (χ1v) is 10.3. The van der Waals surface area contributed by atoms with Gasteiger partial charge >= 0.3 is 0 Å². The molecule has 0 spiro atoms. The van der Waals surface area contributed by atoms with Crippen LogP contribution in [0.5, 0.6) is 0 Å². The molecule has 0 heterocycles. The maximum atomic E-state index is 12.4. The predicted octanol–water partition coefficient (Wildman–Crippen LogP) is 5.50. The second-order valence-corrected chi connectivity index (χ2v) is 8.32. The van der Waals surface area contributed by atoms with Gasteiger partial charge in [0.25, 0.3) is 0 Å². The van der Waals surface area contributed by atoms with Gasteiger partial charge in [-0.05, 0) is 43.4 Å². The van der Waals surface area contributed by atoms with Crippen LogP contribution in [-0.4, -0.2) is 16.7 Å². The van der Waals surface area contributed by atoms with E-state index in [0.29, 0.717) is 23.1 Å². The zero-order valence-corrected chi connectivity index (χ0v) is 15.4. The maximum absolute atomic E-state index is 12.4. The molecule has 2 fully saturated rings. The minimum Gasteiger partial charge on any atom is -0.507 e. The highest BCUT2D eigenvalue weighted by Crippen LogP contribution is 2.45. The highest BCUT2D eigenvalue weighted by molar-refractivity contribution is 6.52. The third kappa shape index (κ3) is 3.13. The van der Waals surface area contributed by atoms with Gasteiger partial charge in [0.15, 0.2) is 0 Å². The number of Topliss-reactive ketones (excluding diaryl/α,β-unsaturated/α-hetero) is 2. The van der Waals surface area contributed by atoms with Crippen LogP contribution in [0.1, 0.15) is 80.1 Å². The standard InChI is InChI=1S/C23H28O3/c24-21-18-12-3-4-13-19(18)22(25)23(26)20(21)14-6-10-16-9-5-8-15-7-1-2-11-17(15)16/h3-4,12-13,15-17,24H,1-2,5-11,14H2/t15-,16+,17-/m1/s1. The molecular formula is C23H28O3. The van der Waals surface area contributed by atoms with Crippen LogP contribution in [0.15, 0.2) is 29.8 Å². The summed E-state index contributed by atoms with van der Waals surface area (Å²) in [6.07, 6.45) is 12.1. The number of rotatable bonds is 4. The van der Waals surface area contributed by atoms with Crippen LogP contribution < -0.4 is 0 Å².